The molecule has 0 saturated carbocycles. The number of fused-ring (bicyclic) bond motifs is 1. The fourth-order valence-corrected chi connectivity index (χ4v) is 3.79. The Bertz CT molecular complexity index is 960. The Kier molecular flexibility index (Phi) is 4.86. The molecule has 1 aliphatic rings. The van der Waals surface area contributed by atoms with E-state index in [1.54, 1.807) is 6.07 Å². The molecule has 1 aliphatic carbocycles. The van der Waals surface area contributed by atoms with Gasteiger partial charge < -0.3 is 11.1 Å². The summed E-state index contributed by atoms with van der Waals surface area (Å²) in [6.45, 7) is 0. The molecule has 0 heterocycles. The summed E-state index contributed by atoms with van der Waals surface area (Å²) < 4.78 is 38.9. The number of halogens is 1. The number of hydrogen-bond acceptors (Lipinski definition) is 4. The largest absolute Gasteiger partial charge is 0.399 e. The third kappa shape index (κ3) is 4.13. The minimum Gasteiger partial charge on any atom is -0.399 e. The van der Waals surface area contributed by atoms with Crippen LogP contribution in [0.15, 0.2) is 36.4 Å². The number of nitrogens with two attached hydrogens (primary N) is 1. The molecule has 0 aliphatic heterocycles. The Labute approximate surface area is 151 Å². The number of carbonyl (C=O) groups excluding carboxylic acids is 1. The highest BCUT2D eigenvalue weighted by atomic mass is 32.2. The minimum absolute atomic E-state index is 0.0414. The molecule has 0 radical (unpaired) electrons. The molecule has 0 spiro atoms. The van der Waals surface area contributed by atoms with Crippen LogP contribution in [0.1, 0.15) is 40.4 Å². The third-order valence-electron chi connectivity index (χ3n) is 4.31. The lowest BCUT2D eigenvalue weighted by molar-refractivity contribution is 0.0933. The molecule has 0 bridgehead atoms. The second-order valence-corrected chi connectivity index (χ2v) is 8.19. The zero-order chi connectivity index (χ0) is 18.9. The van der Waals surface area contributed by atoms with E-state index in [1.807, 2.05) is 12.1 Å². The average molecular weight is 377 g/mol. The summed E-state index contributed by atoms with van der Waals surface area (Å²) in [4.78, 5) is 12.7. The number of nitrogen functional groups attached to an aromatic ring is 1. The zero-order valence-corrected chi connectivity index (χ0v) is 15.1. The van der Waals surface area contributed by atoms with E-state index in [9.17, 15) is 17.6 Å². The fraction of sp³-hybridized carbons (Fsp3) is 0.278. The standard InChI is InChI=1S/C18H20FN3O3S/c1-26(24,25)22-17-8-5-12(19)10-15(17)18(23)21-16-4-2-3-11-9-13(20)6-7-14(11)16/h5-10,16,22H,2-4,20H2,1H3,(H,21,23). The van der Waals surface area contributed by atoms with Gasteiger partial charge in [0.2, 0.25) is 10.0 Å². The van der Waals surface area contributed by atoms with Gasteiger partial charge in [0, 0.05) is 5.69 Å². The quantitative estimate of drug-likeness (QED) is 0.713. The summed E-state index contributed by atoms with van der Waals surface area (Å²) >= 11 is 0. The zero-order valence-electron chi connectivity index (χ0n) is 14.3. The van der Waals surface area contributed by atoms with Gasteiger partial charge in [-0.25, -0.2) is 12.8 Å². The first-order chi connectivity index (χ1) is 12.2. The van der Waals surface area contributed by atoms with Gasteiger partial charge in [-0.2, -0.15) is 0 Å². The molecule has 4 N–H and O–H groups in total. The molecule has 1 unspecified atom stereocenters. The molecule has 8 heteroatoms. The van der Waals surface area contributed by atoms with Gasteiger partial charge in [0.05, 0.1) is 23.5 Å². The molecule has 1 atom stereocenters. The van der Waals surface area contributed by atoms with Crippen LogP contribution in [0.2, 0.25) is 0 Å². The first kappa shape index (κ1) is 18.2. The molecular formula is C18H20FN3O3S. The predicted octanol–water partition coefficient (Wildman–Crippen LogP) is 2.59. The SMILES string of the molecule is CS(=O)(=O)Nc1ccc(F)cc1C(=O)NC1CCCc2cc(N)ccc21. The van der Waals surface area contributed by atoms with E-state index in [4.69, 9.17) is 5.73 Å². The molecule has 138 valence electrons. The van der Waals surface area contributed by atoms with Crippen LogP contribution in [0.4, 0.5) is 15.8 Å². The van der Waals surface area contributed by atoms with Crippen LogP contribution in [-0.4, -0.2) is 20.6 Å². The van der Waals surface area contributed by atoms with Gasteiger partial charge in [-0.1, -0.05) is 6.07 Å². The van der Waals surface area contributed by atoms with Gasteiger partial charge in [0.1, 0.15) is 5.82 Å². The maximum atomic E-state index is 13.6. The second-order valence-electron chi connectivity index (χ2n) is 6.44. The Hall–Kier alpha value is -2.61. The van der Waals surface area contributed by atoms with Gasteiger partial charge in [-0.15, -0.1) is 0 Å². The molecule has 1 amide bonds. The smallest absolute Gasteiger partial charge is 0.254 e. The van der Waals surface area contributed by atoms with Crippen LogP contribution in [0, 0.1) is 5.82 Å². The molecule has 0 aromatic heterocycles. The molecule has 0 fully saturated rings. The van der Waals surface area contributed by atoms with Crippen molar-refractivity contribution in [3.05, 3.63) is 58.9 Å². The Morgan fingerprint density at radius 2 is 2.00 bits per heavy atom. The van der Waals surface area contributed by atoms with Crippen LogP contribution in [0.3, 0.4) is 0 Å². The number of rotatable bonds is 4. The van der Waals surface area contributed by atoms with E-state index >= 15 is 0 Å². The van der Waals surface area contributed by atoms with Gasteiger partial charge in [-0.3, -0.25) is 9.52 Å². The molecule has 3 rings (SSSR count). The predicted molar refractivity (Wildman–Crippen MR) is 98.9 cm³/mol. The minimum atomic E-state index is -3.60. The summed E-state index contributed by atoms with van der Waals surface area (Å²) in [7, 11) is -3.60. The average Bonchev–Trinajstić information content (AvgIpc) is 2.55. The number of amides is 1. The van der Waals surface area contributed by atoms with E-state index in [0.29, 0.717) is 5.69 Å². The van der Waals surface area contributed by atoms with Crippen molar-refractivity contribution in [3.8, 4) is 0 Å². The lowest BCUT2D eigenvalue weighted by Crippen LogP contribution is -2.31. The monoisotopic (exact) mass is 377 g/mol. The highest BCUT2D eigenvalue weighted by Gasteiger charge is 2.24. The van der Waals surface area contributed by atoms with Crippen molar-refractivity contribution in [2.24, 2.45) is 0 Å². The number of nitrogens with one attached hydrogen (secondary N) is 2. The van der Waals surface area contributed by atoms with Crippen molar-refractivity contribution in [1.82, 2.24) is 5.32 Å². The molecular weight excluding hydrogens is 357 g/mol. The molecule has 6 nitrogen and oxygen atoms in total. The second kappa shape index (κ2) is 6.95. The Morgan fingerprint density at radius 1 is 1.23 bits per heavy atom. The number of sulfonamides is 1. The van der Waals surface area contributed by atoms with Crippen LogP contribution in [0.25, 0.3) is 0 Å². The maximum Gasteiger partial charge on any atom is 0.254 e. The van der Waals surface area contributed by atoms with Crippen molar-refractivity contribution >= 4 is 27.3 Å². The normalized spacial score (nSPS) is 16.6. The number of benzene rings is 2. The first-order valence-corrected chi connectivity index (χ1v) is 10.1. The van der Waals surface area contributed by atoms with Crippen LogP contribution < -0.4 is 15.8 Å². The fourth-order valence-electron chi connectivity index (χ4n) is 3.21. The topological polar surface area (TPSA) is 101 Å². The summed E-state index contributed by atoms with van der Waals surface area (Å²) in [6.07, 6.45) is 3.49. The van der Waals surface area contributed by atoms with Crippen LogP contribution in [-0.2, 0) is 16.4 Å². The van der Waals surface area contributed by atoms with E-state index in [0.717, 1.165) is 48.8 Å². The van der Waals surface area contributed by atoms with Crippen LogP contribution in [0.5, 0.6) is 0 Å². The lowest BCUT2D eigenvalue weighted by Gasteiger charge is -2.27. The molecule has 2 aromatic rings. The van der Waals surface area contributed by atoms with Crippen molar-refractivity contribution in [2.75, 3.05) is 16.7 Å². The van der Waals surface area contributed by atoms with Crippen molar-refractivity contribution in [2.45, 2.75) is 25.3 Å². The Morgan fingerprint density at radius 3 is 2.73 bits per heavy atom. The summed E-state index contributed by atoms with van der Waals surface area (Å²) in [5.74, 6) is -1.16. The number of hydrogen-bond donors (Lipinski definition) is 3. The number of anilines is 2. The van der Waals surface area contributed by atoms with Crippen molar-refractivity contribution in [1.29, 1.82) is 0 Å². The van der Waals surface area contributed by atoms with Crippen molar-refractivity contribution in [3.63, 3.8) is 0 Å². The molecule has 0 saturated heterocycles. The number of aryl methyl sites for hydroxylation is 1. The van der Waals surface area contributed by atoms with Gasteiger partial charge >= 0.3 is 0 Å². The highest BCUT2D eigenvalue weighted by Crippen LogP contribution is 2.31. The molecule has 2 aromatic carbocycles. The number of carbonyl (C=O) groups is 1. The Balaban J connectivity index is 1.89. The summed E-state index contributed by atoms with van der Waals surface area (Å²) in [5, 5.41) is 2.88. The van der Waals surface area contributed by atoms with E-state index < -0.39 is 21.7 Å². The third-order valence-corrected chi connectivity index (χ3v) is 4.90. The molecule has 26 heavy (non-hydrogen) atoms. The van der Waals surface area contributed by atoms with Gasteiger partial charge in [0.15, 0.2) is 0 Å². The summed E-state index contributed by atoms with van der Waals surface area (Å²) in [6, 6.07) is 8.69. The van der Waals surface area contributed by atoms with Crippen molar-refractivity contribution < 1.29 is 17.6 Å². The van der Waals surface area contributed by atoms with E-state index in [-0.39, 0.29) is 17.3 Å². The van der Waals surface area contributed by atoms with Gasteiger partial charge in [0.25, 0.3) is 5.91 Å². The lowest BCUT2D eigenvalue weighted by atomic mass is 9.87. The van der Waals surface area contributed by atoms with E-state index in [2.05, 4.69) is 10.0 Å². The first-order valence-electron chi connectivity index (χ1n) is 8.19. The highest BCUT2D eigenvalue weighted by molar-refractivity contribution is 7.92. The summed E-state index contributed by atoms with van der Waals surface area (Å²) in [5.41, 5.74) is 8.53. The van der Waals surface area contributed by atoms with Gasteiger partial charge in [-0.05, 0) is 60.7 Å². The van der Waals surface area contributed by atoms with E-state index in [1.165, 1.54) is 6.07 Å². The maximum absolute atomic E-state index is 13.6. The van der Waals surface area contributed by atoms with Crippen LogP contribution >= 0.6 is 0 Å².